The van der Waals surface area contributed by atoms with Crippen LogP contribution in [0, 0.1) is 6.92 Å². The molecule has 1 N–H and O–H groups in total. The first-order valence-corrected chi connectivity index (χ1v) is 10.7. The molecule has 0 unspecified atom stereocenters. The highest BCUT2D eigenvalue weighted by Crippen LogP contribution is 2.35. The molecule has 0 spiro atoms. The fourth-order valence-electron chi connectivity index (χ4n) is 4.27. The van der Waals surface area contributed by atoms with Crippen LogP contribution in [0.4, 0.5) is 0 Å². The SMILES string of the molecule is CCOc1ccc(C2(CNC(=O)c3oc4ccc(OC)cc4c3C)CCOCC2)cc1. The van der Waals surface area contributed by atoms with Gasteiger partial charge in [-0.2, -0.15) is 0 Å². The van der Waals surface area contributed by atoms with Crippen molar-refractivity contribution in [2.24, 2.45) is 0 Å². The van der Waals surface area contributed by atoms with Crippen molar-refractivity contribution in [3.63, 3.8) is 0 Å². The summed E-state index contributed by atoms with van der Waals surface area (Å²) in [5.41, 5.74) is 2.50. The summed E-state index contributed by atoms with van der Waals surface area (Å²) in [6.07, 6.45) is 1.69. The fourth-order valence-corrected chi connectivity index (χ4v) is 4.27. The summed E-state index contributed by atoms with van der Waals surface area (Å²) in [4.78, 5) is 13.1. The van der Waals surface area contributed by atoms with E-state index in [-0.39, 0.29) is 11.3 Å². The van der Waals surface area contributed by atoms with E-state index in [1.807, 2.05) is 44.2 Å². The van der Waals surface area contributed by atoms with Crippen LogP contribution in [0.15, 0.2) is 46.9 Å². The molecule has 2 heterocycles. The van der Waals surface area contributed by atoms with Crippen LogP contribution in [0.3, 0.4) is 0 Å². The molecule has 2 aromatic carbocycles. The number of nitrogens with one attached hydrogen (secondary N) is 1. The molecule has 0 atom stereocenters. The second-order valence-electron chi connectivity index (χ2n) is 7.95. The first-order valence-electron chi connectivity index (χ1n) is 10.7. The first kappa shape index (κ1) is 21.2. The van der Waals surface area contributed by atoms with Gasteiger partial charge in [0.05, 0.1) is 13.7 Å². The molecule has 164 valence electrons. The van der Waals surface area contributed by atoms with Gasteiger partial charge in [0.25, 0.3) is 5.91 Å². The minimum atomic E-state index is -0.204. The molecule has 1 amide bonds. The van der Waals surface area contributed by atoms with Gasteiger partial charge in [-0.1, -0.05) is 12.1 Å². The van der Waals surface area contributed by atoms with Gasteiger partial charge in [-0.05, 0) is 62.6 Å². The summed E-state index contributed by atoms with van der Waals surface area (Å²) in [5.74, 6) is 1.73. The molecule has 3 aromatic rings. The number of amides is 1. The lowest BCUT2D eigenvalue weighted by Crippen LogP contribution is -2.44. The number of furan rings is 1. The van der Waals surface area contributed by atoms with E-state index in [0.29, 0.717) is 37.7 Å². The van der Waals surface area contributed by atoms with Crippen LogP contribution in [-0.4, -0.2) is 39.4 Å². The molecule has 1 saturated heterocycles. The number of rotatable bonds is 7. The van der Waals surface area contributed by atoms with E-state index in [2.05, 4.69) is 17.4 Å². The van der Waals surface area contributed by atoms with Crippen LogP contribution in [-0.2, 0) is 10.2 Å². The van der Waals surface area contributed by atoms with Gasteiger partial charge < -0.3 is 23.9 Å². The molecule has 0 aliphatic carbocycles. The molecular weight excluding hydrogens is 394 g/mol. The standard InChI is InChI=1S/C25H29NO5/c1-4-30-19-7-5-18(6-8-19)25(11-13-29-14-12-25)16-26-24(27)23-17(2)21-15-20(28-3)9-10-22(21)31-23/h5-10,15H,4,11-14,16H2,1-3H3,(H,26,27). The number of hydrogen-bond acceptors (Lipinski definition) is 5. The number of aryl methyl sites for hydroxylation is 1. The van der Waals surface area contributed by atoms with E-state index < -0.39 is 0 Å². The summed E-state index contributed by atoms with van der Waals surface area (Å²) in [5, 5.41) is 4.01. The van der Waals surface area contributed by atoms with Gasteiger partial charge in [-0.3, -0.25) is 4.79 Å². The molecular formula is C25H29NO5. The van der Waals surface area contributed by atoms with E-state index in [1.54, 1.807) is 7.11 Å². The second-order valence-corrected chi connectivity index (χ2v) is 7.95. The normalized spacial score (nSPS) is 15.6. The Morgan fingerprint density at radius 1 is 1.10 bits per heavy atom. The second kappa shape index (κ2) is 9.02. The van der Waals surface area contributed by atoms with Gasteiger partial charge >= 0.3 is 0 Å². The lowest BCUT2D eigenvalue weighted by Gasteiger charge is -2.38. The Kier molecular flexibility index (Phi) is 6.18. The van der Waals surface area contributed by atoms with Gasteiger partial charge in [0.15, 0.2) is 5.76 Å². The number of methoxy groups -OCH3 is 1. The third-order valence-corrected chi connectivity index (χ3v) is 6.16. The molecule has 1 aliphatic rings. The molecule has 6 heteroatoms. The molecule has 0 radical (unpaired) electrons. The molecule has 1 aromatic heterocycles. The van der Waals surface area contributed by atoms with Crippen LogP contribution in [0.25, 0.3) is 11.0 Å². The van der Waals surface area contributed by atoms with Crippen molar-refractivity contribution in [3.8, 4) is 11.5 Å². The maximum absolute atomic E-state index is 13.1. The number of ether oxygens (including phenoxy) is 3. The van der Waals surface area contributed by atoms with E-state index in [0.717, 1.165) is 35.3 Å². The zero-order valence-electron chi connectivity index (χ0n) is 18.3. The average Bonchev–Trinajstić information content (AvgIpc) is 3.14. The Hall–Kier alpha value is -2.99. The van der Waals surface area contributed by atoms with Gasteiger partial charge in [-0.15, -0.1) is 0 Å². The van der Waals surface area contributed by atoms with E-state index in [1.165, 1.54) is 5.56 Å². The maximum Gasteiger partial charge on any atom is 0.287 e. The van der Waals surface area contributed by atoms with Crippen LogP contribution in [0.2, 0.25) is 0 Å². The zero-order valence-corrected chi connectivity index (χ0v) is 18.3. The molecule has 0 saturated carbocycles. The number of carbonyl (C=O) groups excluding carboxylic acids is 1. The van der Waals surface area contributed by atoms with Crippen LogP contribution >= 0.6 is 0 Å². The van der Waals surface area contributed by atoms with Crippen molar-refractivity contribution in [1.29, 1.82) is 0 Å². The number of carbonyl (C=O) groups is 1. The average molecular weight is 424 g/mol. The third kappa shape index (κ3) is 4.26. The summed E-state index contributed by atoms with van der Waals surface area (Å²) in [7, 11) is 1.62. The lowest BCUT2D eigenvalue weighted by molar-refractivity contribution is 0.0484. The predicted octanol–water partition coefficient (Wildman–Crippen LogP) is 4.63. The monoisotopic (exact) mass is 423 g/mol. The van der Waals surface area contributed by atoms with Crippen molar-refractivity contribution in [3.05, 3.63) is 59.4 Å². The Morgan fingerprint density at radius 3 is 2.48 bits per heavy atom. The lowest BCUT2D eigenvalue weighted by atomic mass is 9.74. The Morgan fingerprint density at radius 2 is 1.81 bits per heavy atom. The highest BCUT2D eigenvalue weighted by molar-refractivity contribution is 5.99. The van der Waals surface area contributed by atoms with Crippen molar-refractivity contribution < 1.29 is 23.4 Å². The Balaban J connectivity index is 1.55. The molecule has 4 rings (SSSR count). The van der Waals surface area contributed by atoms with Crippen molar-refractivity contribution in [2.75, 3.05) is 33.5 Å². The molecule has 31 heavy (non-hydrogen) atoms. The first-order chi connectivity index (χ1) is 15.1. The maximum atomic E-state index is 13.1. The fraction of sp³-hybridized carbons (Fsp3) is 0.400. The Labute approximate surface area is 182 Å². The predicted molar refractivity (Wildman–Crippen MR) is 119 cm³/mol. The van der Waals surface area contributed by atoms with Crippen molar-refractivity contribution in [1.82, 2.24) is 5.32 Å². The summed E-state index contributed by atoms with van der Waals surface area (Å²) >= 11 is 0. The van der Waals surface area contributed by atoms with Gasteiger partial charge in [0.1, 0.15) is 17.1 Å². The van der Waals surface area contributed by atoms with Gasteiger partial charge in [0, 0.05) is 36.1 Å². The molecule has 0 bridgehead atoms. The highest BCUT2D eigenvalue weighted by atomic mass is 16.5. The largest absolute Gasteiger partial charge is 0.497 e. The number of benzene rings is 2. The number of hydrogen-bond donors (Lipinski definition) is 1. The highest BCUT2D eigenvalue weighted by Gasteiger charge is 2.35. The van der Waals surface area contributed by atoms with E-state index in [4.69, 9.17) is 18.6 Å². The molecule has 1 aliphatic heterocycles. The topological polar surface area (TPSA) is 69.9 Å². The summed E-state index contributed by atoms with van der Waals surface area (Å²) in [6.45, 7) is 6.37. The van der Waals surface area contributed by atoms with E-state index in [9.17, 15) is 4.79 Å². The minimum Gasteiger partial charge on any atom is -0.497 e. The van der Waals surface area contributed by atoms with Crippen LogP contribution in [0.1, 0.15) is 41.4 Å². The smallest absolute Gasteiger partial charge is 0.287 e. The van der Waals surface area contributed by atoms with Gasteiger partial charge in [0.2, 0.25) is 0 Å². The third-order valence-electron chi connectivity index (χ3n) is 6.16. The van der Waals surface area contributed by atoms with Gasteiger partial charge in [-0.25, -0.2) is 0 Å². The quantitative estimate of drug-likeness (QED) is 0.600. The molecule has 6 nitrogen and oxygen atoms in total. The number of fused-ring (bicyclic) bond motifs is 1. The summed E-state index contributed by atoms with van der Waals surface area (Å²) < 4.78 is 22.4. The Bertz CT molecular complexity index is 1050. The molecule has 1 fully saturated rings. The van der Waals surface area contributed by atoms with Crippen molar-refractivity contribution >= 4 is 16.9 Å². The zero-order chi connectivity index (χ0) is 21.8. The van der Waals surface area contributed by atoms with Crippen LogP contribution < -0.4 is 14.8 Å². The van der Waals surface area contributed by atoms with Crippen molar-refractivity contribution in [2.45, 2.75) is 32.1 Å². The summed E-state index contributed by atoms with van der Waals surface area (Å²) in [6, 6.07) is 13.7. The van der Waals surface area contributed by atoms with E-state index >= 15 is 0 Å². The van der Waals surface area contributed by atoms with Crippen LogP contribution in [0.5, 0.6) is 11.5 Å². The minimum absolute atomic E-state index is 0.179.